The molecule has 0 atom stereocenters. The van der Waals surface area contributed by atoms with E-state index >= 15 is 0 Å². The van der Waals surface area contributed by atoms with Gasteiger partial charge in [-0.05, 0) is 29.7 Å². The molecule has 0 spiro atoms. The predicted octanol–water partition coefficient (Wildman–Crippen LogP) is 5.18. The Morgan fingerprint density at radius 1 is 1.10 bits per heavy atom. The standard InChI is InChI=1S/C23H18ClF2N3O2/c1-31-21(30)9-8-14-4-6-15(7-5-14)13-29-20-12-18(26)17(25)11-19(20)28-23(29)16-3-2-10-27-22(16)24/h2-7,10-12H,8-9,13H2,1H3. The summed E-state index contributed by atoms with van der Waals surface area (Å²) < 4.78 is 34.2. The van der Waals surface area contributed by atoms with Crippen molar-refractivity contribution in [3.8, 4) is 11.4 Å². The average Bonchev–Trinajstić information content (AvgIpc) is 3.10. The molecule has 0 unspecified atom stereocenters. The van der Waals surface area contributed by atoms with E-state index in [4.69, 9.17) is 11.6 Å². The molecule has 4 aromatic rings. The fourth-order valence-electron chi connectivity index (χ4n) is 3.38. The summed E-state index contributed by atoms with van der Waals surface area (Å²) in [5.74, 6) is -1.71. The number of hydrogen-bond donors (Lipinski definition) is 0. The van der Waals surface area contributed by atoms with Crippen LogP contribution in [0.25, 0.3) is 22.4 Å². The van der Waals surface area contributed by atoms with Gasteiger partial charge in [-0.15, -0.1) is 0 Å². The van der Waals surface area contributed by atoms with Crippen molar-refractivity contribution in [3.63, 3.8) is 0 Å². The predicted molar refractivity (Wildman–Crippen MR) is 114 cm³/mol. The Morgan fingerprint density at radius 3 is 2.52 bits per heavy atom. The number of esters is 1. The van der Waals surface area contributed by atoms with Crippen molar-refractivity contribution in [1.82, 2.24) is 14.5 Å². The van der Waals surface area contributed by atoms with Crippen LogP contribution in [0.1, 0.15) is 17.5 Å². The van der Waals surface area contributed by atoms with E-state index in [-0.39, 0.29) is 11.1 Å². The van der Waals surface area contributed by atoms with Gasteiger partial charge in [0.25, 0.3) is 0 Å². The van der Waals surface area contributed by atoms with Crippen molar-refractivity contribution in [2.75, 3.05) is 7.11 Å². The average molecular weight is 442 g/mol. The lowest BCUT2D eigenvalue weighted by Gasteiger charge is -2.11. The molecular weight excluding hydrogens is 424 g/mol. The highest BCUT2D eigenvalue weighted by Crippen LogP contribution is 2.30. The Labute approximate surface area is 182 Å². The first-order chi connectivity index (χ1) is 15.0. The van der Waals surface area contributed by atoms with Gasteiger partial charge in [-0.1, -0.05) is 35.9 Å². The van der Waals surface area contributed by atoms with Gasteiger partial charge in [0.15, 0.2) is 11.6 Å². The first-order valence-corrected chi connectivity index (χ1v) is 9.95. The van der Waals surface area contributed by atoms with Gasteiger partial charge in [0.05, 0.1) is 23.7 Å². The number of carbonyl (C=O) groups is 1. The van der Waals surface area contributed by atoms with Gasteiger partial charge in [0, 0.05) is 31.3 Å². The second-order valence-corrected chi connectivity index (χ2v) is 7.37. The maximum Gasteiger partial charge on any atom is 0.305 e. The van der Waals surface area contributed by atoms with Crippen molar-refractivity contribution in [1.29, 1.82) is 0 Å². The number of nitrogens with zero attached hydrogens (tertiary/aromatic N) is 3. The van der Waals surface area contributed by atoms with E-state index in [1.54, 1.807) is 22.9 Å². The zero-order chi connectivity index (χ0) is 22.0. The van der Waals surface area contributed by atoms with E-state index in [1.807, 2.05) is 24.3 Å². The molecule has 8 heteroatoms. The Morgan fingerprint density at radius 2 is 1.81 bits per heavy atom. The molecule has 4 rings (SSSR count). The van der Waals surface area contributed by atoms with Crippen molar-refractivity contribution in [3.05, 3.63) is 82.6 Å². The minimum Gasteiger partial charge on any atom is -0.469 e. The summed E-state index contributed by atoms with van der Waals surface area (Å²) in [4.78, 5) is 19.9. The highest BCUT2D eigenvalue weighted by molar-refractivity contribution is 6.32. The maximum atomic E-state index is 14.0. The topological polar surface area (TPSA) is 57.0 Å². The molecule has 0 amide bonds. The number of benzene rings is 2. The van der Waals surface area contributed by atoms with Gasteiger partial charge in [-0.3, -0.25) is 4.79 Å². The van der Waals surface area contributed by atoms with E-state index in [2.05, 4.69) is 14.7 Å². The Hall–Kier alpha value is -3.32. The number of aryl methyl sites for hydroxylation is 1. The van der Waals surface area contributed by atoms with Crippen LogP contribution in [0.5, 0.6) is 0 Å². The third kappa shape index (κ3) is 4.41. The molecule has 0 N–H and O–H groups in total. The first kappa shape index (κ1) is 20.9. The van der Waals surface area contributed by atoms with E-state index < -0.39 is 11.6 Å². The molecule has 0 fully saturated rings. The molecule has 2 heterocycles. The summed E-state index contributed by atoms with van der Waals surface area (Å²) >= 11 is 6.27. The molecule has 0 radical (unpaired) electrons. The maximum absolute atomic E-state index is 14.0. The molecule has 158 valence electrons. The highest BCUT2D eigenvalue weighted by atomic mass is 35.5. The van der Waals surface area contributed by atoms with Crippen LogP contribution in [0.3, 0.4) is 0 Å². The van der Waals surface area contributed by atoms with Gasteiger partial charge < -0.3 is 9.30 Å². The SMILES string of the molecule is COC(=O)CCc1ccc(Cn2c(-c3cccnc3Cl)nc3cc(F)c(F)cc32)cc1. The third-order valence-corrected chi connectivity index (χ3v) is 5.30. The van der Waals surface area contributed by atoms with E-state index in [9.17, 15) is 13.6 Å². The zero-order valence-corrected chi connectivity index (χ0v) is 17.4. The van der Waals surface area contributed by atoms with Gasteiger partial charge >= 0.3 is 5.97 Å². The normalized spacial score (nSPS) is 11.1. The van der Waals surface area contributed by atoms with Crippen molar-refractivity contribution < 1.29 is 18.3 Å². The van der Waals surface area contributed by atoms with E-state index in [0.29, 0.717) is 41.8 Å². The lowest BCUT2D eigenvalue weighted by molar-refractivity contribution is -0.140. The highest BCUT2D eigenvalue weighted by Gasteiger charge is 2.18. The Bertz CT molecular complexity index is 1260. The Kier molecular flexibility index (Phi) is 5.95. The van der Waals surface area contributed by atoms with Gasteiger partial charge in [-0.2, -0.15) is 0 Å². The van der Waals surface area contributed by atoms with Crippen LogP contribution in [0, 0.1) is 11.6 Å². The summed E-state index contributed by atoms with van der Waals surface area (Å²) in [7, 11) is 1.36. The largest absolute Gasteiger partial charge is 0.469 e. The van der Waals surface area contributed by atoms with E-state index in [0.717, 1.165) is 23.3 Å². The fraction of sp³-hybridized carbons (Fsp3) is 0.174. The number of ether oxygens (including phenoxy) is 1. The Balaban J connectivity index is 1.72. The molecule has 0 saturated carbocycles. The third-order valence-electron chi connectivity index (χ3n) is 5.00. The smallest absolute Gasteiger partial charge is 0.305 e. The number of hydrogen-bond acceptors (Lipinski definition) is 4. The van der Waals surface area contributed by atoms with Crippen LogP contribution >= 0.6 is 11.6 Å². The number of pyridine rings is 1. The number of halogens is 3. The van der Waals surface area contributed by atoms with Crippen molar-refractivity contribution in [2.24, 2.45) is 0 Å². The van der Waals surface area contributed by atoms with Crippen molar-refractivity contribution >= 4 is 28.6 Å². The van der Waals surface area contributed by atoms with Crippen LogP contribution < -0.4 is 0 Å². The molecule has 2 aromatic heterocycles. The van der Waals surface area contributed by atoms with Crippen LogP contribution in [0.15, 0.2) is 54.7 Å². The molecule has 0 aliphatic carbocycles. The van der Waals surface area contributed by atoms with Crippen LogP contribution in [-0.2, 0) is 22.5 Å². The summed E-state index contributed by atoms with van der Waals surface area (Å²) in [6, 6.07) is 13.4. The monoisotopic (exact) mass is 441 g/mol. The molecule has 0 saturated heterocycles. The van der Waals surface area contributed by atoms with Crippen LogP contribution in [0.2, 0.25) is 5.15 Å². The number of carbonyl (C=O) groups excluding carboxylic acids is 1. The quantitative estimate of drug-likeness (QED) is 0.305. The second-order valence-electron chi connectivity index (χ2n) is 7.01. The van der Waals surface area contributed by atoms with Crippen LogP contribution in [-0.4, -0.2) is 27.6 Å². The zero-order valence-electron chi connectivity index (χ0n) is 16.6. The molecule has 0 aliphatic rings. The second kappa shape index (κ2) is 8.81. The molecule has 0 bridgehead atoms. The molecule has 31 heavy (non-hydrogen) atoms. The number of methoxy groups -OCH3 is 1. The molecule has 0 aliphatic heterocycles. The minimum absolute atomic E-state index is 0.248. The van der Waals surface area contributed by atoms with Gasteiger partial charge in [-0.25, -0.2) is 18.7 Å². The lowest BCUT2D eigenvalue weighted by atomic mass is 10.1. The van der Waals surface area contributed by atoms with Gasteiger partial charge in [0.2, 0.25) is 0 Å². The van der Waals surface area contributed by atoms with Crippen LogP contribution in [0.4, 0.5) is 8.78 Å². The number of rotatable bonds is 6. The van der Waals surface area contributed by atoms with E-state index in [1.165, 1.54) is 7.11 Å². The molecule has 5 nitrogen and oxygen atoms in total. The molecule has 2 aromatic carbocycles. The fourth-order valence-corrected chi connectivity index (χ4v) is 3.58. The number of imidazole rings is 1. The summed E-state index contributed by atoms with van der Waals surface area (Å²) in [6.45, 7) is 0.361. The summed E-state index contributed by atoms with van der Waals surface area (Å²) in [6.07, 6.45) is 2.43. The summed E-state index contributed by atoms with van der Waals surface area (Å²) in [5, 5.41) is 0.248. The van der Waals surface area contributed by atoms with Gasteiger partial charge in [0.1, 0.15) is 11.0 Å². The number of fused-ring (bicyclic) bond motifs is 1. The molecular formula is C23H18ClF2N3O2. The lowest BCUT2D eigenvalue weighted by Crippen LogP contribution is -2.04. The minimum atomic E-state index is -0.962. The summed E-state index contributed by atoms with van der Waals surface area (Å²) in [5.41, 5.74) is 3.25. The van der Waals surface area contributed by atoms with Crippen molar-refractivity contribution in [2.45, 2.75) is 19.4 Å². The first-order valence-electron chi connectivity index (χ1n) is 9.57. The number of aromatic nitrogens is 3.